The molecule has 1 heterocycles. The summed E-state index contributed by atoms with van der Waals surface area (Å²) >= 11 is 0. The second-order valence-electron chi connectivity index (χ2n) is 5.34. The number of hydrogen-bond donors (Lipinski definition) is 1. The lowest BCUT2D eigenvalue weighted by Crippen LogP contribution is -2.20. The average Bonchev–Trinajstić information content (AvgIpc) is 3.09. The molecule has 0 bridgehead atoms. The number of nitrogens with one attached hydrogen (secondary N) is 1. The number of aromatic nitrogens is 2. The van der Waals surface area contributed by atoms with E-state index in [2.05, 4.69) is 15.5 Å². The van der Waals surface area contributed by atoms with Crippen LogP contribution in [0.2, 0.25) is 0 Å². The van der Waals surface area contributed by atoms with Gasteiger partial charge in [-0.15, -0.1) is 0 Å². The molecule has 1 aromatic heterocycles. The maximum absolute atomic E-state index is 11.8. The third-order valence-corrected chi connectivity index (χ3v) is 3.42. The van der Waals surface area contributed by atoms with E-state index in [1.165, 1.54) is 11.6 Å². The Balaban J connectivity index is 1.55. The molecular formula is C19H17N3O2. The molecule has 24 heavy (non-hydrogen) atoms. The van der Waals surface area contributed by atoms with Gasteiger partial charge in [-0.2, -0.15) is 4.98 Å². The van der Waals surface area contributed by atoms with Crippen molar-refractivity contribution in [3.8, 4) is 11.4 Å². The third kappa shape index (κ3) is 4.16. The van der Waals surface area contributed by atoms with Crippen LogP contribution in [0.5, 0.6) is 0 Å². The van der Waals surface area contributed by atoms with E-state index in [-0.39, 0.29) is 12.5 Å². The van der Waals surface area contributed by atoms with Crippen molar-refractivity contribution < 1.29 is 9.32 Å². The van der Waals surface area contributed by atoms with E-state index in [4.69, 9.17) is 4.52 Å². The molecule has 0 saturated carbocycles. The van der Waals surface area contributed by atoms with Crippen molar-refractivity contribution in [2.75, 3.05) is 0 Å². The summed E-state index contributed by atoms with van der Waals surface area (Å²) < 4.78 is 5.15. The van der Waals surface area contributed by atoms with Crippen LogP contribution in [0.15, 0.2) is 65.2 Å². The summed E-state index contributed by atoms with van der Waals surface area (Å²) in [4.78, 5) is 16.1. The lowest BCUT2D eigenvalue weighted by Gasteiger charge is -1.97. The molecule has 0 atom stereocenters. The van der Waals surface area contributed by atoms with Crippen LogP contribution in [0, 0.1) is 6.92 Å². The molecule has 0 aliphatic carbocycles. The summed E-state index contributed by atoms with van der Waals surface area (Å²) in [5.74, 6) is 0.663. The third-order valence-electron chi connectivity index (χ3n) is 3.42. The summed E-state index contributed by atoms with van der Waals surface area (Å²) in [5.41, 5.74) is 3.03. The molecule has 3 aromatic rings. The first-order valence-electron chi connectivity index (χ1n) is 7.61. The van der Waals surface area contributed by atoms with E-state index < -0.39 is 0 Å². The molecule has 0 aliphatic rings. The Morgan fingerprint density at radius 3 is 2.62 bits per heavy atom. The molecule has 1 N–H and O–H groups in total. The smallest absolute Gasteiger partial charge is 0.246 e. The van der Waals surface area contributed by atoms with Gasteiger partial charge in [-0.1, -0.05) is 65.3 Å². The van der Waals surface area contributed by atoms with E-state index in [1.807, 2.05) is 61.5 Å². The van der Waals surface area contributed by atoms with Crippen LogP contribution < -0.4 is 5.32 Å². The van der Waals surface area contributed by atoms with Gasteiger partial charge in [0.05, 0.1) is 6.54 Å². The largest absolute Gasteiger partial charge is 0.343 e. The van der Waals surface area contributed by atoms with Crippen LogP contribution in [-0.2, 0) is 11.3 Å². The van der Waals surface area contributed by atoms with Crippen molar-refractivity contribution in [2.45, 2.75) is 13.5 Å². The number of hydrogen-bond acceptors (Lipinski definition) is 4. The number of aryl methyl sites for hydroxylation is 1. The zero-order chi connectivity index (χ0) is 16.8. The highest BCUT2D eigenvalue weighted by Crippen LogP contribution is 2.14. The monoisotopic (exact) mass is 319 g/mol. The van der Waals surface area contributed by atoms with Gasteiger partial charge in [0, 0.05) is 11.6 Å². The molecule has 5 nitrogen and oxygen atoms in total. The molecule has 1 amide bonds. The van der Waals surface area contributed by atoms with Gasteiger partial charge in [0.25, 0.3) is 0 Å². The van der Waals surface area contributed by atoms with Crippen molar-refractivity contribution in [1.29, 1.82) is 0 Å². The Hall–Kier alpha value is -3.21. The minimum atomic E-state index is -0.213. The van der Waals surface area contributed by atoms with E-state index >= 15 is 0 Å². The van der Waals surface area contributed by atoms with Gasteiger partial charge in [-0.05, 0) is 18.6 Å². The first-order chi connectivity index (χ1) is 11.7. The quantitative estimate of drug-likeness (QED) is 0.732. The van der Waals surface area contributed by atoms with E-state index in [1.54, 1.807) is 6.08 Å². The van der Waals surface area contributed by atoms with Crippen LogP contribution >= 0.6 is 0 Å². The maximum Gasteiger partial charge on any atom is 0.246 e. The summed E-state index contributed by atoms with van der Waals surface area (Å²) in [6.07, 6.45) is 3.25. The molecule has 120 valence electrons. The standard InChI is InChI=1S/C19H17N3O2/c1-14-7-9-15(10-8-14)11-12-17(23)20-13-18-21-19(22-24-18)16-5-3-2-4-6-16/h2-12H,13H2,1H3,(H,20,23). The minimum Gasteiger partial charge on any atom is -0.343 e. The Morgan fingerprint density at radius 2 is 1.88 bits per heavy atom. The van der Waals surface area contributed by atoms with Crippen LogP contribution in [0.25, 0.3) is 17.5 Å². The molecule has 0 aliphatic heterocycles. The molecule has 0 fully saturated rings. The van der Waals surface area contributed by atoms with Crippen LogP contribution in [0.4, 0.5) is 0 Å². The highest BCUT2D eigenvalue weighted by Gasteiger charge is 2.08. The van der Waals surface area contributed by atoms with Gasteiger partial charge < -0.3 is 9.84 Å². The number of carbonyl (C=O) groups excluding carboxylic acids is 1. The lowest BCUT2D eigenvalue weighted by atomic mass is 10.1. The SMILES string of the molecule is Cc1ccc(C=CC(=O)NCc2nc(-c3ccccc3)no2)cc1. The molecule has 0 spiro atoms. The highest BCUT2D eigenvalue weighted by molar-refractivity contribution is 5.91. The van der Waals surface area contributed by atoms with Gasteiger partial charge in [0.1, 0.15) is 0 Å². The predicted molar refractivity (Wildman–Crippen MR) is 91.8 cm³/mol. The number of rotatable bonds is 5. The molecule has 3 rings (SSSR count). The van der Waals surface area contributed by atoms with Crippen molar-refractivity contribution in [1.82, 2.24) is 15.5 Å². The fourth-order valence-corrected chi connectivity index (χ4v) is 2.10. The molecular weight excluding hydrogens is 302 g/mol. The normalized spacial score (nSPS) is 10.9. The van der Waals surface area contributed by atoms with Gasteiger partial charge in [0.15, 0.2) is 0 Å². The van der Waals surface area contributed by atoms with Gasteiger partial charge in [0.2, 0.25) is 17.6 Å². The number of amides is 1. The van der Waals surface area contributed by atoms with Crippen LogP contribution in [0.3, 0.4) is 0 Å². The van der Waals surface area contributed by atoms with Crippen molar-refractivity contribution in [3.05, 3.63) is 77.7 Å². The van der Waals surface area contributed by atoms with E-state index in [9.17, 15) is 4.79 Å². The highest BCUT2D eigenvalue weighted by atomic mass is 16.5. The Bertz CT molecular complexity index is 837. The van der Waals surface area contributed by atoms with Crippen LogP contribution in [-0.4, -0.2) is 16.0 Å². The van der Waals surface area contributed by atoms with E-state index in [0.717, 1.165) is 11.1 Å². The Labute approximate surface area is 140 Å². The van der Waals surface area contributed by atoms with Crippen LogP contribution in [0.1, 0.15) is 17.0 Å². The molecule has 0 radical (unpaired) electrons. The van der Waals surface area contributed by atoms with Crippen molar-refractivity contribution >= 4 is 12.0 Å². The van der Waals surface area contributed by atoms with Gasteiger partial charge in [-0.25, -0.2) is 0 Å². The maximum atomic E-state index is 11.8. The van der Waals surface area contributed by atoms with Gasteiger partial charge in [-0.3, -0.25) is 4.79 Å². The Kier molecular flexibility index (Phi) is 4.81. The van der Waals surface area contributed by atoms with Crippen molar-refractivity contribution in [3.63, 3.8) is 0 Å². The summed E-state index contributed by atoms with van der Waals surface area (Å²) in [6, 6.07) is 17.5. The summed E-state index contributed by atoms with van der Waals surface area (Å²) in [7, 11) is 0. The fourth-order valence-electron chi connectivity index (χ4n) is 2.10. The summed E-state index contributed by atoms with van der Waals surface area (Å²) in [6.45, 7) is 2.21. The van der Waals surface area contributed by atoms with Gasteiger partial charge >= 0.3 is 0 Å². The lowest BCUT2D eigenvalue weighted by molar-refractivity contribution is -0.116. The average molecular weight is 319 g/mol. The molecule has 0 unspecified atom stereocenters. The second-order valence-corrected chi connectivity index (χ2v) is 5.34. The molecule has 0 saturated heterocycles. The van der Waals surface area contributed by atoms with E-state index in [0.29, 0.717) is 11.7 Å². The topological polar surface area (TPSA) is 68.0 Å². The number of benzene rings is 2. The molecule has 5 heteroatoms. The first-order valence-corrected chi connectivity index (χ1v) is 7.61. The first kappa shape index (κ1) is 15.7. The number of nitrogens with zero attached hydrogens (tertiary/aromatic N) is 2. The number of carbonyl (C=O) groups is 1. The summed E-state index contributed by atoms with van der Waals surface area (Å²) in [5, 5.41) is 6.63. The van der Waals surface area contributed by atoms with Crippen molar-refractivity contribution in [2.24, 2.45) is 0 Å². The predicted octanol–water partition coefficient (Wildman–Crippen LogP) is 3.37. The fraction of sp³-hybridized carbons (Fsp3) is 0.105. The minimum absolute atomic E-state index is 0.191. The molecule has 2 aromatic carbocycles. The zero-order valence-corrected chi connectivity index (χ0v) is 13.3. The zero-order valence-electron chi connectivity index (χ0n) is 13.3. The Morgan fingerprint density at radius 1 is 1.12 bits per heavy atom. The second kappa shape index (κ2) is 7.37.